The topological polar surface area (TPSA) is 43.8 Å². The van der Waals surface area contributed by atoms with Crippen LogP contribution in [0, 0.1) is 13.8 Å². The van der Waals surface area contributed by atoms with Crippen molar-refractivity contribution in [3.63, 3.8) is 0 Å². The highest BCUT2D eigenvalue weighted by molar-refractivity contribution is 5.42. The van der Waals surface area contributed by atoms with E-state index in [0.29, 0.717) is 6.04 Å². The zero-order valence-corrected chi connectivity index (χ0v) is 7.67. The van der Waals surface area contributed by atoms with Gasteiger partial charge in [0.25, 0.3) is 0 Å². The summed E-state index contributed by atoms with van der Waals surface area (Å²) in [6, 6.07) is 0.581. The van der Waals surface area contributed by atoms with Crippen molar-refractivity contribution >= 4 is 5.82 Å². The number of aromatic nitrogens is 2. The van der Waals surface area contributed by atoms with Crippen molar-refractivity contribution in [3.05, 3.63) is 11.3 Å². The summed E-state index contributed by atoms with van der Waals surface area (Å²) >= 11 is 0. The van der Waals surface area contributed by atoms with Gasteiger partial charge in [-0.05, 0) is 33.1 Å². The zero-order valence-electron chi connectivity index (χ0n) is 7.67. The highest BCUT2D eigenvalue weighted by Crippen LogP contribution is 2.34. The number of aryl methyl sites for hydroxylation is 1. The van der Waals surface area contributed by atoms with Crippen LogP contribution in [0.3, 0.4) is 0 Å². The van der Waals surface area contributed by atoms with Crippen molar-refractivity contribution in [3.8, 4) is 0 Å². The van der Waals surface area contributed by atoms with Crippen molar-refractivity contribution in [2.24, 2.45) is 0 Å². The minimum absolute atomic E-state index is 0.581. The molecule has 0 saturated heterocycles. The molecule has 12 heavy (non-hydrogen) atoms. The number of hydrogen-bond acceptors (Lipinski definition) is 2. The fraction of sp³-hybridized carbons (Fsp3) is 0.667. The van der Waals surface area contributed by atoms with Gasteiger partial charge in [-0.2, -0.15) is 5.10 Å². The Hall–Kier alpha value is -0.990. The van der Waals surface area contributed by atoms with Crippen LogP contribution in [0.1, 0.15) is 36.6 Å². The first-order valence-electron chi connectivity index (χ1n) is 4.51. The second kappa shape index (κ2) is 2.51. The van der Waals surface area contributed by atoms with E-state index in [9.17, 15) is 0 Å². The second-order valence-corrected chi connectivity index (χ2v) is 3.62. The number of hydrogen-bond donors (Lipinski definition) is 1. The number of rotatable bonds is 1. The average Bonchev–Trinajstić information content (AvgIpc) is 2.15. The number of nitrogens with two attached hydrogens (primary N) is 1. The summed E-state index contributed by atoms with van der Waals surface area (Å²) in [4.78, 5) is 0. The molecule has 0 amide bonds. The molecule has 0 aromatic carbocycles. The SMILES string of the molecule is Cc1nn(C2CCC2)c(N)c1C. The van der Waals surface area contributed by atoms with Gasteiger partial charge in [0.1, 0.15) is 5.82 Å². The van der Waals surface area contributed by atoms with Crippen LogP contribution < -0.4 is 5.73 Å². The summed E-state index contributed by atoms with van der Waals surface area (Å²) in [6.07, 6.45) is 3.80. The van der Waals surface area contributed by atoms with Gasteiger partial charge in [0.05, 0.1) is 11.7 Å². The van der Waals surface area contributed by atoms with E-state index in [2.05, 4.69) is 5.10 Å². The van der Waals surface area contributed by atoms with Crippen LogP contribution in [0.4, 0.5) is 5.82 Å². The normalized spacial score (nSPS) is 17.8. The van der Waals surface area contributed by atoms with Gasteiger partial charge in [-0.1, -0.05) is 0 Å². The Morgan fingerprint density at radius 3 is 2.42 bits per heavy atom. The quantitative estimate of drug-likeness (QED) is 0.689. The lowest BCUT2D eigenvalue weighted by atomic mass is 9.93. The maximum atomic E-state index is 5.91. The van der Waals surface area contributed by atoms with Crippen LogP contribution in [0.15, 0.2) is 0 Å². The standard InChI is InChI=1S/C9H15N3/c1-6-7(2)11-12(9(6)10)8-4-3-5-8/h8H,3-5,10H2,1-2H3. The van der Waals surface area contributed by atoms with Crippen LogP contribution >= 0.6 is 0 Å². The molecule has 1 fully saturated rings. The van der Waals surface area contributed by atoms with Gasteiger partial charge >= 0.3 is 0 Å². The molecule has 3 heteroatoms. The summed E-state index contributed by atoms with van der Waals surface area (Å²) in [5, 5.41) is 4.42. The molecule has 2 rings (SSSR count). The third kappa shape index (κ3) is 0.924. The Bertz CT molecular complexity index is 297. The first-order valence-corrected chi connectivity index (χ1v) is 4.51. The predicted octanol–water partition coefficient (Wildman–Crippen LogP) is 1.81. The van der Waals surface area contributed by atoms with Crippen molar-refractivity contribution < 1.29 is 0 Å². The van der Waals surface area contributed by atoms with E-state index in [1.165, 1.54) is 19.3 Å². The summed E-state index contributed by atoms with van der Waals surface area (Å²) < 4.78 is 1.99. The Morgan fingerprint density at radius 1 is 1.42 bits per heavy atom. The molecule has 1 aromatic heterocycles. The van der Waals surface area contributed by atoms with Crippen LogP contribution in [-0.4, -0.2) is 9.78 Å². The van der Waals surface area contributed by atoms with Gasteiger partial charge in [0.15, 0.2) is 0 Å². The molecular weight excluding hydrogens is 150 g/mol. The maximum Gasteiger partial charge on any atom is 0.125 e. The molecule has 0 unspecified atom stereocenters. The lowest BCUT2D eigenvalue weighted by Gasteiger charge is -2.26. The van der Waals surface area contributed by atoms with E-state index in [4.69, 9.17) is 5.73 Å². The summed E-state index contributed by atoms with van der Waals surface area (Å²) in [5.41, 5.74) is 8.12. The molecule has 0 atom stereocenters. The molecule has 0 radical (unpaired) electrons. The highest BCUT2D eigenvalue weighted by atomic mass is 15.3. The number of anilines is 1. The zero-order chi connectivity index (χ0) is 8.72. The number of nitrogen functional groups attached to an aromatic ring is 1. The van der Waals surface area contributed by atoms with Crippen LogP contribution in [-0.2, 0) is 0 Å². The molecular formula is C9H15N3. The Morgan fingerprint density at radius 2 is 2.08 bits per heavy atom. The van der Waals surface area contributed by atoms with Crippen LogP contribution in [0.25, 0.3) is 0 Å². The fourth-order valence-corrected chi connectivity index (χ4v) is 1.56. The molecule has 1 heterocycles. The van der Waals surface area contributed by atoms with Crippen molar-refractivity contribution in [2.75, 3.05) is 5.73 Å². The first-order chi connectivity index (χ1) is 5.70. The van der Waals surface area contributed by atoms with Gasteiger partial charge in [0, 0.05) is 5.56 Å². The third-order valence-corrected chi connectivity index (χ3v) is 2.85. The van der Waals surface area contributed by atoms with Crippen LogP contribution in [0.5, 0.6) is 0 Å². The van der Waals surface area contributed by atoms with Gasteiger partial charge in [-0.15, -0.1) is 0 Å². The fourth-order valence-electron chi connectivity index (χ4n) is 1.56. The molecule has 66 valence electrons. The molecule has 0 aliphatic heterocycles. The van der Waals surface area contributed by atoms with E-state index >= 15 is 0 Å². The van der Waals surface area contributed by atoms with Crippen LogP contribution in [0.2, 0.25) is 0 Å². The molecule has 1 aliphatic carbocycles. The average molecular weight is 165 g/mol. The van der Waals surface area contributed by atoms with Gasteiger partial charge in [-0.3, -0.25) is 0 Å². The van der Waals surface area contributed by atoms with Gasteiger partial charge in [0.2, 0.25) is 0 Å². The minimum atomic E-state index is 0.581. The molecule has 0 bridgehead atoms. The van der Waals surface area contributed by atoms with Gasteiger partial charge in [-0.25, -0.2) is 4.68 Å². The van der Waals surface area contributed by atoms with Crippen molar-refractivity contribution in [2.45, 2.75) is 39.2 Å². The lowest BCUT2D eigenvalue weighted by molar-refractivity contribution is 0.292. The van der Waals surface area contributed by atoms with E-state index < -0.39 is 0 Å². The largest absolute Gasteiger partial charge is 0.384 e. The predicted molar refractivity (Wildman–Crippen MR) is 49.0 cm³/mol. The Labute approximate surface area is 72.6 Å². The van der Waals surface area contributed by atoms with E-state index in [-0.39, 0.29) is 0 Å². The lowest BCUT2D eigenvalue weighted by Crippen LogP contribution is -2.19. The van der Waals surface area contributed by atoms with Crippen molar-refractivity contribution in [1.29, 1.82) is 0 Å². The molecule has 1 saturated carbocycles. The minimum Gasteiger partial charge on any atom is -0.384 e. The summed E-state index contributed by atoms with van der Waals surface area (Å²) in [5.74, 6) is 0.859. The second-order valence-electron chi connectivity index (χ2n) is 3.62. The van der Waals surface area contributed by atoms with Gasteiger partial charge < -0.3 is 5.73 Å². The van der Waals surface area contributed by atoms with Crippen molar-refractivity contribution in [1.82, 2.24) is 9.78 Å². The molecule has 2 N–H and O–H groups in total. The molecule has 1 aliphatic rings. The van der Waals surface area contributed by atoms with E-state index in [0.717, 1.165) is 17.1 Å². The first kappa shape index (κ1) is 7.65. The van der Waals surface area contributed by atoms with E-state index in [1.807, 2.05) is 18.5 Å². The molecule has 1 aromatic rings. The number of nitrogens with zero attached hydrogens (tertiary/aromatic N) is 2. The maximum absolute atomic E-state index is 5.91. The Balaban J connectivity index is 2.36. The summed E-state index contributed by atoms with van der Waals surface area (Å²) in [6.45, 7) is 4.05. The highest BCUT2D eigenvalue weighted by Gasteiger charge is 2.23. The summed E-state index contributed by atoms with van der Waals surface area (Å²) in [7, 11) is 0. The third-order valence-electron chi connectivity index (χ3n) is 2.85. The monoisotopic (exact) mass is 165 g/mol. The molecule has 0 spiro atoms. The van der Waals surface area contributed by atoms with E-state index in [1.54, 1.807) is 0 Å². The molecule has 3 nitrogen and oxygen atoms in total. The smallest absolute Gasteiger partial charge is 0.125 e. The Kier molecular flexibility index (Phi) is 1.60.